The van der Waals surface area contributed by atoms with Gasteiger partial charge in [0.1, 0.15) is 5.75 Å². The Kier molecular flexibility index (Phi) is 4.20. The van der Waals surface area contributed by atoms with E-state index in [1.165, 1.54) is 0 Å². The second-order valence-corrected chi connectivity index (χ2v) is 4.83. The Morgan fingerprint density at radius 1 is 1.44 bits per heavy atom. The number of nitrogens with zero attached hydrogens (tertiary/aromatic N) is 1. The van der Waals surface area contributed by atoms with E-state index in [9.17, 15) is 9.90 Å². The van der Waals surface area contributed by atoms with E-state index < -0.39 is 0 Å². The van der Waals surface area contributed by atoms with Gasteiger partial charge in [-0.2, -0.15) is 0 Å². The molecule has 1 unspecified atom stereocenters. The molecule has 18 heavy (non-hydrogen) atoms. The second kappa shape index (κ2) is 5.87. The lowest BCUT2D eigenvalue weighted by Crippen LogP contribution is -2.46. The fraction of sp³-hybridized carbons (Fsp3) is 0.500. The lowest BCUT2D eigenvalue weighted by molar-refractivity contribution is -0.133. The van der Waals surface area contributed by atoms with Crippen molar-refractivity contribution in [2.75, 3.05) is 13.6 Å². The number of carbonyl (C=O) groups is 1. The van der Waals surface area contributed by atoms with E-state index in [-0.39, 0.29) is 17.7 Å². The first-order valence-corrected chi connectivity index (χ1v) is 6.43. The molecule has 1 aromatic rings. The van der Waals surface area contributed by atoms with Gasteiger partial charge < -0.3 is 15.3 Å². The summed E-state index contributed by atoms with van der Waals surface area (Å²) in [6.45, 7) is 1.37. The number of phenols is 1. The molecule has 2 rings (SSSR count). The van der Waals surface area contributed by atoms with Crippen LogP contribution in [0.15, 0.2) is 24.3 Å². The van der Waals surface area contributed by atoms with Crippen LogP contribution in [0.3, 0.4) is 0 Å². The fourth-order valence-corrected chi connectivity index (χ4v) is 2.31. The number of hydrogen-bond acceptors (Lipinski definition) is 3. The van der Waals surface area contributed by atoms with E-state index in [2.05, 4.69) is 5.32 Å². The number of hydrogen-bond donors (Lipinski definition) is 2. The monoisotopic (exact) mass is 248 g/mol. The summed E-state index contributed by atoms with van der Waals surface area (Å²) in [6.07, 6.45) is 3.16. The van der Waals surface area contributed by atoms with Crippen molar-refractivity contribution < 1.29 is 9.90 Å². The number of nitrogens with one attached hydrogen (secondary N) is 1. The first-order chi connectivity index (χ1) is 8.68. The molecule has 98 valence electrons. The third-order valence-corrected chi connectivity index (χ3v) is 3.38. The zero-order valence-corrected chi connectivity index (χ0v) is 10.7. The smallest absolute Gasteiger partial charge is 0.239 e. The third kappa shape index (κ3) is 3.01. The van der Waals surface area contributed by atoms with Crippen LogP contribution in [0.25, 0.3) is 0 Å². The van der Waals surface area contributed by atoms with Crippen molar-refractivity contribution in [2.45, 2.75) is 31.8 Å². The summed E-state index contributed by atoms with van der Waals surface area (Å²) in [4.78, 5) is 13.9. The molecule has 2 N–H and O–H groups in total. The van der Waals surface area contributed by atoms with Crippen molar-refractivity contribution in [3.05, 3.63) is 29.8 Å². The van der Waals surface area contributed by atoms with Gasteiger partial charge in [0.2, 0.25) is 5.91 Å². The molecule has 1 atom stereocenters. The first kappa shape index (κ1) is 12.9. The van der Waals surface area contributed by atoms with E-state index in [4.69, 9.17) is 0 Å². The van der Waals surface area contributed by atoms with Crippen LogP contribution in [0.1, 0.15) is 24.8 Å². The molecule has 0 radical (unpaired) electrons. The standard InChI is InChI=1S/C14H20N2O2/c1-16(10-11-6-2-3-8-13(11)17)14(18)12-7-4-5-9-15-12/h2-3,6,8,12,15,17H,4-5,7,9-10H2,1H3. The van der Waals surface area contributed by atoms with E-state index in [1.54, 1.807) is 24.1 Å². The summed E-state index contributed by atoms with van der Waals surface area (Å²) in [5.74, 6) is 0.353. The number of para-hydroxylation sites is 1. The average molecular weight is 248 g/mol. The summed E-state index contributed by atoms with van der Waals surface area (Å²) in [6, 6.07) is 7.07. The minimum atomic E-state index is -0.0606. The molecule has 1 aromatic carbocycles. The Morgan fingerprint density at radius 3 is 2.89 bits per heavy atom. The number of likely N-dealkylation sites (N-methyl/N-ethyl adjacent to an activating group) is 1. The largest absolute Gasteiger partial charge is 0.508 e. The molecule has 1 saturated heterocycles. The SMILES string of the molecule is CN(Cc1ccccc1O)C(=O)C1CCCCN1. The summed E-state index contributed by atoms with van der Waals surface area (Å²) < 4.78 is 0. The van der Waals surface area contributed by atoms with Crippen molar-refractivity contribution in [3.8, 4) is 5.75 Å². The van der Waals surface area contributed by atoms with Gasteiger partial charge in [0, 0.05) is 19.2 Å². The number of rotatable bonds is 3. The zero-order chi connectivity index (χ0) is 13.0. The maximum absolute atomic E-state index is 12.2. The van der Waals surface area contributed by atoms with Crippen molar-refractivity contribution in [3.63, 3.8) is 0 Å². The molecular weight excluding hydrogens is 228 g/mol. The highest BCUT2D eigenvalue weighted by molar-refractivity contribution is 5.81. The highest BCUT2D eigenvalue weighted by atomic mass is 16.3. The minimum absolute atomic E-state index is 0.0606. The summed E-state index contributed by atoms with van der Waals surface area (Å²) in [7, 11) is 1.78. The lowest BCUT2D eigenvalue weighted by atomic mass is 10.0. The first-order valence-electron chi connectivity index (χ1n) is 6.43. The van der Waals surface area contributed by atoms with E-state index >= 15 is 0 Å². The van der Waals surface area contributed by atoms with E-state index in [1.807, 2.05) is 12.1 Å². The minimum Gasteiger partial charge on any atom is -0.508 e. The van der Waals surface area contributed by atoms with Crippen molar-refractivity contribution >= 4 is 5.91 Å². The summed E-state index contributed by atoms with van der Waals surface area (Å²) >= 11 is 0. The van der Waals surface area contributed by atoms with Crippen LogP contribution >= 0.6 is 0 Å². The molecule has 0 saturated carbocycles. The van der Waals surface area contributed by atoms with Gasteiger partial charge in [-0.1, -0.05) is 24.6 Å². The van der Waals surface area contributed by atoms with Gasteiger partial charge in [-0.15, -0.1) is 0 Å². The molecule has 1 aliphatic heterocycles. The highest BCUT2D eigenvalue weighted by Crippen LogP contribution is 2.18. The number of amides is 1. The van der Waals surface area contributed by atoms with E-state index in [0.29, 0.717) is 6.54 Å². The summed E-state index contributed by atoms with van der Waals surface area (Å²) in [5, 5.41) is 12.9. The number of aromatic hydroxyl groups is 1. The molecular formula is C14H20N2O2. The predicted octanol–water partition coefficient (Wildman–Crippen LogP) is 1.49. The molecule has 4 heteroatoms. The van der Waals surface area contributed by atoms with Crippen molar-refractivity contribution in [1.29, 1.82) is 0 Å². The Labute approximate surface area is 108 Å². The highest BCUT2D eigenvalue weighted by Gasteiger charge is 2.23. The molecule has 0 aromatic heterocycles. The van der Waals surface area contributed by atoms with Gasteiger partial charge >= 0.3 is 0 Å². The Bertz CT molecular complexity index is 414. The molecule has 1 amide bonds. The van der Waals surface area contributed by atoms with Crippen LogP contribution in [0.4, 0.5) is 0 Å². The zero-order valence-electron chi connectivity index (χ0n) is 10.7. The van der Waals surface area contributed by atoms with Gasteiger partial charge in [-0.25, -0.2) is 0 Å². The maximum Gasteiger partial charge on any atom is 0.239 e. The van der Waals surface area contributed by atoms with Gasteiger partial charge in [0.05, 0.1) is 6.04 Å². The van der Waals surface area contributed by atoms with Crippen LogP contribution in [-0.2, 0) is 11.3 Å². The molecule has 1 fully saturated rings. The topological polar surface area (TPSA) is 52.6 Å². The number of carbonyl (C=O) groups excluding carboxylic acids is 1. The normalized spacial score (nSPS) is 19.5. The molecule has 4 nitrogen and oxygen atoms in total. The van der Waals surface area contributed by atoms with Crippen molar-refractivity contribution in [2.24, 2.45) is 0 Å². The van der Waals surface area contributed by atoms with Crippen molar-refractivity contribution in [1.82, 2.24) is 10.2 Å². The number of benzene rings is 1. The van der Waals surface area contributed by atoms with Gasteiger partial charge in [0.25, 0.3) is 0 Å². The summed E-state index contributed by atoms with van der Waals surface area (Å²) in [5.41, 5.74) is 0.782. The lowest BCUT2D eigenvalue weighted by Gasteiger charge is -2.27. The maximum atomic E-state index is 12.2. The van der Waals surface area contributed by atoms with Gasteiger partial charge in [-0.05, 0) is 25.5 Å². The molecule has 0 bridgehead atoms. The molecule has 1 heterocycles. The van der Waals surface area contributed by atoms with Crippen LogP contribution in [0.2, 0.25) is 0 Å². The third-order valence-electron chi connectivity index (χ3n) is 3.38. The second-order valence-electron chi connectivity index (χ2n) is 4.83. The fourth-order valence-electron chi connectivity index (χ4n) is 2.31. The van der Waals surface area contributed by atoms with Crippen LogP contribution in [0.5, 0.6) is 5.75 Å². The van der Waals surface area contributed by atoms with Gasteiger partial charge in [-0.3, -0.25) is 4.79 Å². The predicted molar refractivity (Wildman–Crippen MR) is 70.2 cm³/mol. The molecule has 0 aliphatic carbocycles. The Balaban J connectivity index is 1.96. The number of phenolic OH excluding ortho intramolecular Hbond substituents is 1. The van der Waals surface area contributed by atoms with Crippen LogP contribution in [0, 0.1) is 0 Å². The van der Waals surface area contributed by atoms with Gasteiger partial charge in [0.15, 0.2) is 0 Å². The van der Waals surface area contributed by atoms with Crippen LogP contribution in [-0.4, -0.2) is 35.5 Å². The Morgan fingerprint density at radius 2 is 2.22 bits per heavy atom. The quantitative estimate of drug-likeness (QED) is 0.852. The number of piperidine rings is 1. The van der Waals surface area contributed by atoms with E-state index in [0.717, 1.165) is 31.4 Å². The molecule has 1 aliphatic rings. The molecule has 0 spiro atoms. The Hall–Kier alpha value is -1.55. The van der Waals surface area contributed by atoms with Crippen LogP contribution < -0.4 is 5.32 Å². The average Bonchev–Trinajstić information content (AvgIpc) is 2.41.